The van der Waals surface area contributed by atoms with Gasteiger partial charge in [0.25, 0.3) is 0 Å². The molecule has 0 saturated heterocycles. The van der Waals surface area contributed by atoms with Crippen molar-refractivity contribution in [3.8, 4) is 6.07 Å². The molecule has 1 amide bonds. The van der Waals surface area contributed by atoms with Crippen LogP contribution in [0.15, 0.2) is 0 Å². The lowest BCUT2D eigenvalue weighted by Crippen LogP contribution is -2.32. The fraction of sp³-hybridized carbons (Fsp3) is 0.818. The van der Waals surface area contributed by atoms with Crippen molar-refractivity contribution in [2.45, 2.75) is 39.0 Å². The fourth-order valence-corrected chi connectivity index (χ4v) is 2.05. The second-order valence-electron chi connectivity index (χ2n) is 4.07. The molecule has 1 rings (SSSR count). The zero-order valence-electron chi connectivity index (χ0n) is 8.75. The first kappa shape index (κ1) is 11.0. The number of hydrogen-bond acceptors (Lipinski definition) is 2. The largest absolute Gasteiger partial charge is 0.356 e. The van der Waals surface area contributed by atoms with Crippen LogP contribution in [0.4, 0.5) is 0 Å². The molecule has 2 atom stereocenters. The summed E-state index contributed by atoms with van der Waals surface area (Å²) in [5.74, 6) is 0.941. The number of nitrogens with one attached hydrogen (secondary N) is 1. The molecule has 3 nitrogen and oxygen atoms in total. The average Bonchev–Trinajstić information content (AvgIpc) is 2.59. The lowest BCUT2D eigenvalue weighted by atomic mass is 9.97. The number of carbonyl (C=O) groups excluding carboxylic acids is 1. The highest BCUT2D eigenvalue weighted by molar-refractivity contribution is 5.79. The molecule has 0 bridgehead atoms. The maximum absolute atomic E-state index is 11.6. The normalized spacial score (nSPS) is 25.7. The number of nitriles is 1. The molecule has 0 aromatic heterocycles. The van der Waals surface area contributed by atoms with Crippen molar-refractivity contribution in [3.63, 3.8) is 0 Å². The fourth-order valence-electron chi connectivity index (χ4n) is 2.05. The van der Waals surface area contributed by atoms with E-state index in [9.17, 15) is 4.79 Å². The van der Waals surface area contributed by atoms with Crippen molar-refractivity contribution in [2.75, 3.05) is 6.54 Å². The average molecular weight is 194 g/mol. The predicted octanol–water partition coefficient (Wildman–Crippen LogP) is 1.84. The van der Waals surface area contributed by atoms with E-state index in [1.54, 1.807) is 0 Å². The van der Waals surface area contributed by atoms with E-state index < -0.39 is 0 Å². The minimum Gasteiger partial charge on any atom is -0.356 e. The van der Waals surface area contributed by atoms with Gasteiger partial charge in [-0.2, -0.15) is 5.26 Å². The second kappa shape index (κ2) is 5.64. The standard InChI is InChI=1S/C11H18N2O/c1-9-5-4-6-10(9)11(14)13-8-3-2-7-12/h9-10H,2-6,8H2,1H3,(H,13,14). The predicted molar refractivity (Wildman–Crippen MR) is 54.4 cm³/mol. The van der Waals surface area contributed by atoms with Gasteiger partial charge in [-0.1, -0.05) is 13.3 Å². The van der Waals surface area contributed by atoms with Gasteiger partial charge in [0.2, 0.25) is 5.91 Å². The number of hydrogen-bond donors (Lipinski definition) is 1. The van der Waals surface area contributed by atoms with Crippen LogP contribution in [0.5, 0.6) is 0 Å². The summed E-state index contributed by atoms with van der Waals surface area (Å²) < 4.78 is 0. The highest BCUT2D eigenvalue weighted by atomic mass is 16.1. The molecule has 0 aromatic carbocycles. The minimum atomic E-state index is 0.188. The smallest absolute Gasteiger partial charge is 0.223 e. The highest BCUT2D eigenvalue weighted by Crippen LogP contribution is 2.30. The topological polar surface area (TPSA) is 52.9 Å². The third kappa shape index (κ3) is 3.02. The Morgan fingerprint density at radius 3 is 2.93 bits per heavy atom. The van der Waals surface area contributed by atoms with E-state index in [0.29, 0.717) is 18.9 Å². The molecule has 0 radical (unpaired) electrons. The Bertz CT molecular complexity index is 232. The molecule has 0 spiro atoms. The van der Waals surface area contributed by atoms with E-state index >= 15 is 0 Å². The molecule has 78 valence electrons. The van der Waals surface area contributed by atoms with Crippen LogP contribution in [0.25, 0.3) is 0 Å². The van der Waals surface area contributed by atoms with Crippen LogP contribution in [0.1, 0.15) is 39.0 Å². The minimum absolute atomic E-state index is 0.188. The first-order valence-electron chi connectivity index (χ1n) is 5.40. The molecule has 0 heterocycles. The van der Waals surface area contributed by atoms with Crippen molar-refractivity contribution in [2.24, 2.45) is 11.8 Å². The Balaban J connectivity index is 2.18. The number of carbonyl (C=O) groups is 1. The Morgan fingerprint density at radius 1 is 1.57 bits per heavy atom. The molecule has 14 heavy (non-hydrogen) atoms. The third-order valence-electron chi connectivity index (χ3n) is 2.96. The van der Waals surface area contributed by atoms with Crippen molar-refractivity contribution in [3.05, 3.63) is 0 Å². The van der Waals surface area contributed by atoms with Gasteiger partial charge in [0.05, 0.1) is 6.07 Å². The first-order valence-corrected chi connectivity index (χ1v) is 5.40. The zero-order valence-corrected chi connectivity index (χ0v) is 8.75. The van der Waals surface area contributed by atoms with E-state index in [-0.39, 0.29) is 11.8 Å². The lowest BCUT2D eigenvalue weighted by molar-refractivity contribution is -0.125. The Hall–Kier alpha value is -1.04. The third-order valence-corrected chi connectivity index (χ3v) is 2.96. The number of rotatable bonds is 4. The molecule has 1 fully saturated rings. The summed E-state index contributed by atoms with van der Waals surface area (Å²) in [5.41, 5.74) is 0. The summed E-state index contributed by atoms with van der Waals surface area (Å²) in [6.45, 7) is 2.79. The van der Waals surface area contributed by atoms with Crippen molar-refractivity contribution in [1.82, 2.24) is 5.32 Å². The molecule has 1 saturated carbocycles. The van der Waals surface area contributed by atoms with Crippen LogP contribution in [0, 0.1) is 23.2 Å². The zero-order chi connectivity index (χ0) is 10.4. The molecule has 0 aliphatic heterocycles. The van der Waals surface area contributed by atoms with Gasteiger partial charge in [0, 0.05) is 18.9 Å². The number of amides is 1. The molecule has 0 aromatic rings. The highest BCUT2D eigenvalue weighted by Gasteiger charge is 2.29. The number of unbranched alkanes of at least 4 members (excludes halogenated alkanes) is 1. The Kier molecular flexibility index (Phi) is 4.45. The molecule has 1 aliphatic carbocycles. The van der Waals surface area contributed by atoms with Crippen molar-refractivity contribution < 1.29 is 4.79 Å². The second-order valence-corrected chi connectivity index (χ2v) is 4.07. The van der Waals surface area contributed by atoms with Gasteiger partial charge in [-0.25, -0.2) is 0 Å². The molecule has 3 heteroatoms. The van der Waals surface area contributed by atoms with Gasteiger partial charge in [-0.05, 0) is 25.2 Å². The van der Waals surface area contributed by atoms with Gasteiger partial charge in [0.1, 0.15) is 0 Å². The van der Waals surface area contributed by atoms with Gasteiger partial charge in [-0.3, -0.25) is 4.79 Å². The molecule has 1 aliphatic rings. The van der Waals surface area contributed by atoms with E-state index in [0.717, 1.165) is 12.8 Å². The summed E-state index contributed by atoms with van der Waals surface area (Å²) >= 11 is 0. The van der Waals surface area contributed by atoms with Crippen LogP contribution in [0.3, 0.4) is 0 Å². The maximum atomic E-state index is 11.6. The quantitative estimate of drug-likeness (QED) is 0.694. The molecule has 2 unspecified atom stereocenters. The SMILES string of the molecule is CC1CCCC1C(=O)NCCCC#N. The summed E-state index contributed by atoms with van der Waals surface area (Å²) in [4.78, 5) is 11.6. The summed E-state index contributed by atoms with van der Waals surface area (Å²) in [5, 5.41) is 11.2. The van der Waals surface area contributed by atoms with Crippen LogP contribution in [0.2, 0.25) is 0 Å². The van der Waals surface area contributed by atoms with Crippen LogP contribution < -0.4 is 5.32 Å². The van der Waals surface area contributed by atoms with Crippen LogP contribution in [-0.2, 0) is 4.79 Å². The molecular weight excluding hydrogens is 176 g/mol. The summed E-state index contributed by atoms with van der Waals surface area (Å²) in [7, 11) is 0. The van der Waals surface area contributed by atoms with Crippen molar-refractivity contribution >= 4 is 5.91 Å². The van der Waals surface area contributed by atoms with E-state index in [4.69, 9.17) is 5.26 Å². The van der Waals surface area contributed by atoms with E-state index in [1.807, 2.05) is 0 Å². The van der Waals surface area contributed by atoms with Gasteiger partial charge >= 0.3 is 0 Å². The molecule has 1 N–H and O–H groups in total. The van der Waals surface area contributed by atoms with Crippen LogP contribution >= 0.6 is 0 Å². The molecular formula is C11H18N2O. The van der Waals surface area contributed by atoms with E-state index in [2.05, 4.69) is 18.3 Å². The monoisotopic (exact) mass is 194 g/mol. The van der Waals surface area contributed by atoms with Crippen LogP contribution in [-0.4, -0.2) is 12.5 Å². The Labute approximate surface area is 85.5 Å². The number of nitrogens with zero attached hydrogens (tertiary/aromatic N) is 1. The van der Waals surface area contributed by atoms with Gasteiger partial charge in [-0.15, -0.1) is 0 Å². The summed E-state index contributed by atoms with van der Waals surface area (Å²) in [6.07, 6.45) is 4.68. The Morgan fingerprint density at radius 2 is 2.36 bits per heavy atom. The summed E-state index contributed by atoms with van der Waals surface area (Å²) in [6, 6.07) is 2.07. The van der Waals surface area contributed by atoms with Gasteiger partial charge < -0.3 is 5.32 Å². The first-order chi connectivity index (χ1) is 6.75. The lowest BCUT2D eigenvalue weighted by Gasteiger charge is -2.14. The van der Waals surface area contributed by atoms with Crippen molar-refractivity contribution in [1.29, 1.82) is 5.26 Å². The van der Waals surface area contributed by atoms with Gasteiger partial charge in [0.15, 0.2) is 0 Å². The van der Waals surface area contributed by atoms with E-state index in [1.165, 1.54) is 12.8 Å². The maximum Gasteiger partial charge on any atom is 0.223 e.